The predicted octanol–water partition coefficient (Wildman–Crippen LogP) is 4.31. The molecule has 1 nitrogen and oxygen atoms in total. The number of carbonyl (C=O) groups excluding carboxylic acids is 1. The van der Waals surface area contributed by atoms with Gasteiger partial charge >= 0.3 is 0 Å². The van der Waals surface area contributed by atoms with Gasteiger partial charge in [-0.1, -0.05) is 45.1 Å². The molecule has 1 aliphatic rings. The highest BCUT2D eigenvalue weighted by molar-refractivity contribution is 6.04. The highest BCUT2D eigenvalue weighted by Crippen LogP contribution is 2.44. The molecule has 2 rings (SSSR count). The largest absolute Gasteiger partial charge is 0.294 e. The van der Waals surface area contributed by atoms with E-state index in [0.29, 0.717) is 5.78 Å². The SMILES string of the molecule is CC=CCC1C(=O)c2cc(CC)ccc2C1(C)C. The first-order valence-corrected chi connectivity index (χ1v) is 6.81. The van der Waals surface area contributed by atoms with Gasteiger partial charge in [0.2, 0.25) is 0 Å². The summed E-state index contributed by atoms with van der Waals surface area (Å²) in [7, 11) is 0. The Labute approximate surface area is 110 Å². The zero-order chi connectivity index (χ0) is 13.3. The van der Waals surface area contributed by atoms with E-state index in [4.69, 9.17) is 0 Å². The molecular weight excluding hydrogens is 220 g/mol. The van der Waals surface area contributed by atoms with Crippen LogP contribution in [0.15, 0.2) is 30.4 Å². The number of hydrogen-bond acceptors (Lipinski definition) is 1. The second-order valence-electron chi connectivity index (χ2n) is 5.68. The molecule has 1 aromatic rings. The van der Waals surface area contributed by atoms with Gasteiger partial charge in [0.25, 0.3) is 0 Å². The van der Waals surface area contributed by atoms with Gasteiger partial charge in [-0.3, -0.25) is 4.79 Å². The van der Waals surface area contributed by atoms with Gasteiger partial charge in [0.05, 0.1) is 0 Å². The van der Waals surface area contributed by atoms with Crippen LogP contribution in [0, 0.1) is 5.92 Å². The normalized spacial score (nSPS) is 21.6. The van der Waals surface area contributed by atoms with Crippen LogP contribution in [0.5, 0.6) is 0 Å². The molecule has 0 saturated heterocycles. The first-order valence-electron chi connectivity index (χ1n) is 6.81. The van der Waals surface area contributed by atoms with Crippen molar-refractivity contribution in [1.29, 1.82) is 0 Å². The Kier molecular flexibility index (Phi) is 3.43. The Morgan fingerprint density at radius 1 is 1.33 bits per heavy atom. The summed E-state index contributed by atoms with van der Waals surface area (Å²) >= 11 is 0. The lowest BCUT2D eigenvalue weighted by molar-refractivity contribution is 0.0899. The van der Waals surface area contributed by atoms with Crippen LogP contribution in [0.2, 0.25) is 0 Å². The van der Waals surface area contributed by atoms with Crippen LogP contribution >= 0.6 is 0 Å². The summed E-state index contributed by atoms with van der Waals surface area (Å²) < 4.78 is 0. The third-order valence-corrected chi connectivity index (χ3v) is 4.25. The van der Waals surface area contributed by atoms with Gasteiger partial charge in [-0.15, -0.1) is 0 Å². The van der Waals surface area contributed by atoms with Gasteiger partial charge < -0.3 is 0 Å². The van der Waals surface area contributed by atoms with Crippen molar-refractivity contribution in [3.8, 4) is 0 Å². The number of benzene rings is 1. The number of hydrogen-bond donors (Lipinski definition) is 0. The van der Waals surface area contributed by atoms with Crippen molar-refractivity contribution < 1.29 is 4.79 Å². The quantitative estimate of drug-likeness (QED) is 0.722. The Balaban J connectivity index is 2.46. The van der Waals surface area contributed by atoms with Crippen LogP contribution in [0.25, 0.3) is 0 Å². The van der Waals surface area contributed by atoms with E-state index in [9.17, 15) is 4.79 Å². The fraction of sp³-hybridized carbons (Fsp3) is 0.471. The fourth-order valence-electron chi connectivity index (χ4n) is 2.95. The average Bonchev–Trinajstić information content (AvgIpc) is 2.55. The molecule has 96 valence electrons. The molecule has 0 fully saturated rings. The van der Waals surface area contributed by atoms with E-state index in [1.165, 1.54) is 11.1 Å². The van der Waals surface area contributed by atoms with E-state index in [1.807, 2.05) is 13.0 Å². The third kappa shape index (κ3) is 1.92. The molecule has 0 N–H and O–H groups in total. The summed E-state index contributed by atoms with van der Waals surface area (Å²) in [6.45, 7) is 8.52. The Hall–Kier alpha value is -1.37. The first-order chi connectivity index (χ1) is 8.52. The van der Waals surface area contributed by atoms with Crippen LogP contribution < -0.4 is 0 Å². The molecule has 0 bridgehead atoms. The number of allylic oxidation sites excluding steroid dienone is 2. The molecule has 0 amide bonds. The van der Waals surface area contributed by atoms with Crippen LogP contribution in [0.3, 0.4) is 0 Å². The molecule has 0 aliphatic heterocycles. The minimum atomic E-state index is -0.0435. The lowest BCUT2D eigenvalue weighted by Crippen LogP contribution is -2.26. The van der Waals surface area contributed by atoms with Crippen molar-refractivity contribution in [2.75, 3.05) is 0 Å². The maximum absolute atomic E-state index is 12.6. The van der Waals surface area contributed by atoms with Crippen LogP contribution in [0.1, 0.15) is 55.6 Å². The topological polar surface area (TPSA) is 17.1 Å². The van der Waals surface area contributed by atoms with Crippen molar-refractivity contribution >= 4 is 5.78 Å². The minimum Gasteiger partial charge on any atom is -0.294 e. The third-order valence-electron chi connectivity index (χ3n) is 4.25. The Morgan fingerprint density at radius 2 is 2.06 bits per heavy atom. The molecular formula is C17H22O. The van der Waals surface area contributed by atoms with E-state index >= 15 is 0 Å². The van der Waals surface area contributed by atoms with Gasteiger partial charge in [-0.2, -0.15) is 0 Å². The Morgan fingerprint density at radius 3 is 2.67 bits per heavy atom. The standard InChI is InChI=1S/C17H22O/c1-5-7-8-15-16(18)13-11-12(6-2)9-10-14(13)17(15,3)4/h5,7,9-11,15H,6,8H2,1-4H3. The number of carbonyl (C=O) groups is 1. The van der Waals surface area contributed by atoms with E-state index in [2.05, 4.69) is 45.0 Å². The van der Waals surface area contributed by atoms with Crippen LogP contribution in [-0.4, -0.2) is 5.78 Å². The van der Waals surface area contributed by atoms with Crippen molar-refractivity contribution in [2.45, 2.75) is 46.0 Å². The zero-order valence-corrected chi connectivity index (χ0v) is 11.8. The minimum absolute atomic E-state index is 0.0435. The number of Topliss-reactive ketones (excluding diaryl/α,β-unsaturated/α-hetero) is 1. The lowest BCUT2D eigenvalue weighted by Gasteiger charge is -2.26. The fourth-order valence-corrected chi connectivity index (χ4v) is 2.95. The molecule has 1 atom stereocenters. The van der Waals surface area contributed by atoms with Crippen molar-refractivity contribution in [3.05, 3.63) is 47.0 Å². The molecule has 1 aliphatic carbocycles. The summed E-state index contributed by atoms with van der Waals surface area (Å²) in [6.07, 6.45) is 5.97. The highest BCUT2D eigenvalue weighted by atomic mass is 16.1. The van der Waals surface area contributed by atoms with E-state index in [-0.39, 0.29) is 11.3 Å². The molecule has 0 aromatic heterocycles. The summed E-state index contributed by atoms with van der Waals surface area (Å²) in [6, 6.07) is 6.41. The van der Waals surface area contributed by atoms with E-state index in [1.54, 1.807) is 0 Å². The van der Waals surface area contributed by atoms with E-state index < -0.39 is 0 Å². The van der Waals surface area contributed by atoms with Gasteiger partial charge in [-0.05, 0) is 37.0 Å². The summed E-state index contributed by atoms with van der Waals surface area (Å²) in [4.78, 5) is 12.6. The monoisotopic (exact) mass is 242 g/mol. The van der Waals surface area contributed by atoms with E-state index in [0.717, 1.165) is 18.4 Å². The second-order valence-corrected chi connectivity index (χ2v) is 5.68. The molecule has 1 unspecified atom stereocenters. The highest BCUT2D eigenvalue weighted by Gasteiger charge is 2.44. The van der Waals surface area contributed by atoms with Crippen molar-refractivity contribution in [1.82, 2.24) is 0 Å². The maximum atomic E-state index is 12.6. The Bertz CT molecular complexity index is 494. The maximum Gasteiger partial charge on any atom is 0.167 e. The summed E-state index contributed by atoms with van der Waals surface area (Å²) in [5.74, 6) is 0.416. The smallest absolute Gasteiger partial charge is 0.167 e. The molecule has 0 radical (unpaired) electrons. The van der Waals surface area contributed by atoms with Gasteiger partial charge in [0.1, 0.15) is 0 Å². The van der Waals surface area contributed by atoms with Gasteiger partial charge in [0, 0.05) is 16.9 Å². The number of aryl methyl sites for hydroxylation is 1. The molecule has 1 heteroatoms. The van der Waals surface area contributed by atoms with Gasteiger partial charge in [0.15, 0.2) is 5.78 Å². The average molecular weight is 242 g/mol. The molecule has 18 heavy (non-hydrogen) atoms. The second kappa shape index (κ2) is 4.72. The molecule has 0 saturated carbocycles. The van der Waals surface area contributed by atoms with Crippen molar-refractivity contribution in [3.63, 3.8) is 0 Å². The number of ketones is 1. The van der Waals surface area contributed by atoms with Crippen LogP contribution in [-0.2, 0) is 11.8 Å². The van der Waals surface area contributed by atoms with Crippen LogP contribution in [0.4, 0.5) is 0 Å². The van der Waals surface area contributed by atoms with Crippen molar-refractivity contribution in [2.24, 2.45) is 5.92 Å². The summed E-state index contributed by atoms with van der Waals surface area (Å²) in [5, 5.41) is 0. The zero-order valence-electron chi connectivity index (χ0n) is 11.8. The first kappa shape index (κ1) is 13.1. The number of fused-ring (bicyclic) bond motifs is 1. The molecule has 1 aromatic carbocycles. The lowest BCUT2D eigenvalue weighted by atomic mass is 9.76. The predicted molar refractivity (Wildman–Crippen MR) is 76.1 cm³/mol. The van der Waals surface area contributed by atoms with Gasteiger partial charge in [-0.25, -0.2) is 0 Å². The molecule has 0 spiro atoms. The summed E-state index contributed by atoms with van der Waals surface area (Å²) in [5.41, 5.74) is 3.38. The number of rotatable bonds is 3. The molecule has 0 heterocycles.